The number of piperidine rings is 1. The van der Waals surface area contributed by atoms with E-state index in [1.807, 2.05) is 4.90 Å². The first-order chi connectivity index (χ1) is 16.5. The molecular weight excluding hydrogens is 510 g/mol. The Balaban J connectivity index is 1.72. The Labute approximate surface area is 218 Å². The minimum Gasteiger partial charge on any atom is -0.465 e. The van der Waals surface area contributed by atoms with Gasteiger partial charge in [0.1, 0.15) is 5.25 Å². The van der Waals surface area contributed by atoms with Crippen molar-refractivity contribution in [3.05, 3.63) is 11.1 Å². The molecule has 1 aliphatic carbocycles. The molecule has 35 heavy (non-hydrogen) atoms. The number of thiol groups is 1. The van der Waals surface area contributed by atoms with E-state index in [-0.39, 0.29) is 24.7 Å². The van der Waals surface area contributed by atoms with E-state index >= 15 is 0 Å². The first kappa shape index (κ1) is 28.2. The number of carbonyl (C=O) groups is 2. The summed E-state index contributed by atoms with van der Waals surface area (Å²) in [6.07, 6.45) is 6.67. The third-order valence-corrected chi connectivity index (χ3v) is 10.3. The first-order valence-electron chi connectivity index (χ1n) is 12.1. The lowest BCUT2D eigenvalue weighted by molar-refractivity contribution is -0.142. The number of nitrogens with one attached hydrogen (secondary N) is 1. The fourth-order valence-corrected chi connectivity index (χ4v) is 6.91. The van der Waals surface area contributed by atoms with Gasteiger partial charge in [-0.05, 0) is 51.4 Å². The summed E-state index contributed by atoms with van der Waals surface area (Å²) in [7, 11) is -0.409. The molecule has 1 N–H and O–H groups in total. The van der Waals surface area contributed by atoms with Crippen molar-refractivity contribution in [3.8, 4) is 0 Å². The summed E-state index contributed by atoms with van der Waals surface area (Å²) in [6, 6.07) is -0.186. The quantitative estimate of drug-likeness (QED) is 0.381. The molecule has 10 nitrogen and oxygen atoms in total. The topological polar surface area (TPSA) is 112 Å². The lowest BCUT2D eigenvalue weighted by Crippen LogP contribution is -2.55. The molecule has 0 radical (unpaired) electrons. The second-order valence-electron chi connectivity index (χ2n) is 9.39. The van der Waals surface area contributed by atoms with Gasteiger partial charge in [0.2, 0.25) is 0 Å². The number of thiazole rings is 1. The highest BCUT2D eigenvalue weighted by atomic mass is 32.2. The van der Waals surface area contributed by atoms with Crippen LogP contribution in [0.25, 0.3) is 0 Å². The Morgan fingerprint density at radius 2 is 1.80 bits per heavy atom. The molecule has 0 bridgehead atoms. The highest BCUT2D eigenvalue weighted by Crippen LogP contribution is 2.33. The highest BCUT2D eigenvalue weighted by Gasteiger charge is 2.38. The number of nitrogens with zero attached hydrogens (tertiary/aromatic N) is 4. The number of esters is 1. The van der Waals surface area contributed by atoms with Crippen molar-refractivity contribution in [1.29, 1.82) is 0 Å². The van der Waals surface area contributed by atoms with E-state index < -0.39 is 21.4 Å². The van der Waals surface area contributed by atoms with E-state index in [1.165, 1.54) is 40.2 Å². The molecular formula is C22H37N5O5S3. The van der Waals surface area contributed by atoms with Gasteiger partial charge in [-0.1, -0.05) is 18.3 Å². The largest absolute Gasteiger partial charge is 0.465 e. The Morgan fingerprint density at radius 3 is 2.37 bits per heavy atom. The lowest BCUT2D eigenvalue weighted by atomic mass is 9.85. The SMILES string of the molecule is CCOC(=O)C(S)c1cnc(NC(=O)N(C2CCN(S(=O)(=O)N(C)C)CC2)[C@H]2CC[C@H](C)CC2)s1. The van der Waals surface area contributed by atoms with Crippen molar-refractivity contribution >= 4 is 51.3 Å². The standard InChI is InChI=1S/C22H37N5O5S3/c1-5-32-20(28)19(33)18-14-23-21(34-18)24-22(29)27(16-8-6-15(2)7-9-16)17-10-12-26(13-11-17)35(30,31)25(3)4/h14-17,19,33H,5-13H2,1-4H3,(H,23,24,29)/t15-,16-,19?. The van der Waals surface area contributed by atoms with E-state index in [2.05, 4.69) is 29.9 Å². The number of rotatable bonds is 8. The van der Waals surface area contributed by atoms with Gasteiger partial charge in [-0.15, -0.1) is 0 Å². The van der Waals surface area contributed by atoms with Gasteiger partial charge in [-0.25, -0.2) is 9.78 Å². The van der Waals surface area contributed by atoms with Crippen LogP contribution in [0.2, 0.25) is 0 Å². The number of urea groups is 1. The van der Waals surface area contributed by atoms with Crippen LogP contribution in [0.1, 0.15) is 62.5 Å². The number of amides is 2. The Hall–Kier alpha value is -1.41. The van der Waals surface area contributed by atoms with E-state index in [1.54, 1.807) is 6.92 Å². The predicted molar refractivity (Wildman–Crippen MR) is 140 cm³/mol. The third-order valence-electron chi connectivity index (χ3n) is 6.73. The van der Waals surface area contributed by atoms with Gasteiger partial charge < -0.3 is 9.64 Å². The molecule has 2 heterocycles. The monoisotopic (exact) mass is 547 g/mol. The number of anilines is 1. The summed E-state index contributed by atoms with van der Waals surface area (Å²) in [5.74, 6) is 0.190. The van der Waals surface area contributed by atoms with E-state index in [0.29, 0.717) is 41.9 Å². The van der Waals surface area contributed by atoms with E-state index in [9.17, 15) is 18.0 Å². The van der Waals surface area contributed by atoms with Crippen molar-refractivity contribution in [2.24, 2.45) is 5.92 Å². The molecule has 2 aliphatic rings. The van der Waals surface area contributed by atoms with E-state index in [4.69, 9.17) is 4.74 Å². The van der Waals surface area contributed by atoms with Gasteiger partial charge in [0.25, 0.3) is 10.2 Å². The molecule has 1 aromatic heterocycles. The molecule has 1 saturated carbocycles. The van der Waals surface area contributed by atoms with Crippen LogP contribution in [0, 0.1) is 5.92 Å². The van der Waals surface area contributed by atoms with Crippen molar-refractivity contribution in [2.45, 2.75) is 69.7 Å². The number of carbonyl (C=O) groups excluding carboxylic acids is 2. The van der Waals surface area contributed by atoms with Crippen LogP contribution in [-0.4, -0.2) is 84.8 Å². The van der Waals surface area contributed by atoms with Crippen LogP contribution >= 0.6 is 24.0 Å². The van der Waals surface area contributed by atoms with Crippen LogP contribution < -0.4 is 5.32 Å². The molecule has 3 rings (SSSR count). The first-order valence-corrected chi connectivity index (χ1v) is 14.8. The number of aromatic nitrogens is 1. The summed E-state index contributed by atoms with van der Waals surface area (Å²) in [4.78, 5) is 32.3. The van der Waals surface area contributed by atoms with Crippen LogP contribution in [0.3, 0.4) is 0 Å². The Bertz CT molecular complexity index is 970. The molecule has 1 saturated heterocycles. The summed E-state index contributed by atoms with van der Waals surface area (Å²) in [5, 5.41) is 2.57. The maximum absolute atomic E-state index is 13.5. The summed E-state index contributed by atoms with van der Waals surface area (Å²) in [5.41, 5.74) is 0. The minimum absolute atomic E-state index is 0.0568. The molecule has 0 aromatic carbocycles. The maximum Gasteiger partial charge on any atom is 0.324 e. The smallest absolute Gasteiger partial charge is 0.324 e. The molecule has 1 aromatic rings. The number of hydrogen-bond donors (Lipinski definition) is 2. The van der Waals surface area contributed by atoms with Crippen LogP contribution in [0.15, 0.2) is 6.20 Å². The van der Waals surface area contributed by atoms with Crippen molar-refractivity contribution in [2.75, 3.05) is 39.1 Å². The van der Waals surface area contributed by atoms with Gasteiger partial charge >= 0.3 is 12.0 Å². The van der Waals surface area contributed by atoms with E-state index in [0.717, 1.165) is 25.7 Å². The molecule has 2 fully saturated rings. The summed E-state index contributed by atoms with van der Waals surface area (Å²) < 4.78 is 32.8. The number of hydrogen-bond acceptors (Lipinski definition) is 8. The Kier molecular flexibility index (Phi) is 9.83. The summed E-state index contributed by atoms with van der Waals surface area (Å²) in [6.45, 7) is 4.99. The average Bonchev–Trinajstić information content (AvgIpc) is 3.28. The molecule has 1 aliphatic heterocycles. The normalized spacial score (nSPS) is 23.1. The van der Waals surface area contributed by atoms with Gasteiger partial charge in [-0.3, -0.25) is 10.1 Å². The van der Waals surface area contributed by atoms with Gasteiger partial charge in [0.15, 0.2) is 5.13 Å². The van der Waals surface area contributed by atoms with Crippen molar-refractivity contribution in [3.63, 3.8) is 0 Å². The number of ether oxygens (including phenoxy) is 1. The Morgan fingerprint density at radius 1 is 1.20 bits per heavy atom. The molecule has 1 unspecified atom stereocenters. The average molecular weight is 548 g/mol. The zero-order chi connectivity index (χ0) is 25.8. The molecule has 2 amide bonds. The van der Waals surface area contributed by atoms with Crippen LogP contribution in [-0.2, 0) is 19.7 Å². The molecule has 198 valence electrons. The zero-order valence-electron chi connectivity index (χ0n) is 20.8. The molecule has 13 heteroatoms. The second-order valence-corrected chi connectivity index (χ2v) is 13.1. The fourth-order valence-electron chi connectivity index (χ4n) is 4.70. The lowest BCUT2D eigenvalue weighted by Gasteiger charge is -2.44. The summed E-state index contributed by atoms with van der Waals surface area (Å²) >= 11 is 5.53. The van der Waals surface area contributed by atoms with Gasteiger partial charge in [0.05, 0.1) is 11.5 Å². The van der Waals surface area contributed by atoms with Crippen LogP contribution in [0.5, 0.6) is 0 Å². The molecule has 0 spiro atoms. The van der Waals surface area contributed by atoms with Crippen molar-refractivity contribution < 1.29 is 22.7 Å². The zero-order valence-corrected chi connectivity index (χ0v) is 23.4. The predicted octanol–water partition coefficient (Wildman–Crippen LogP) is 3.36. The van der Waals surface area contributed by atoms with Crippen molar-refractivity contribution in [1.82, 2.24) is 18.5 Å². The third kappa shape index (κ3) is 6.88. The second kappa shape index (κ2) is 12.2. The minimum atomic E-state index is -3.47. The van der Waals surface area contributed by atoms with Gasteiger partial charge in [0, 0.05) is 45.5 Å². The van der Waals surface area contributed by atoms with Crippen LogP contribution in [0.4, 0.5) is 9.93 Å². The fraction of sp³-hybridized carbons (Fsp3) is 0.773. The highest BCUT2D eigenvalue weighted by molar-refractivity contribution is 7.86. The van der Waals surface area contributed by atoms with Gasteiger partial charge in [-0.2, -0.15) is 29.7 Å². The molecule has 1 atom stereocenters. The maximum atomic E-state index is 13.5.